The third-order valence-corrected chi connectivity index (χ3v) is 2.92. The van der Waals surface area contributed by atoms with E-state index in [1.165, 1.54) is 0 Å². The molecule has 0 aromatic carbocycles. The molecule has 0 aliphatic rings. The lowest BCUT2D eigenvalue weighted by Gasteiger charge is -2.16. The van der Waals surface area contributed by atoms with E-state index in [2.05, 4.69) is 10.1 Å². The van der Waals surface area contributed by atoms with Gasteiger partial charge in [0.1, 0.15) is 0 Å². The number of pyridine rings is 1. The summed E-state index contributed by atoms with van der Waals surface area (Å²) in [6, 6.07) is 5.37. The average Bonchev–Trinajstić information content (AvgIpc) is 3.01. The Hall–Kier alpha value is -2.21. The van der Waals surface area contributed by atoms with Gasteiger partial charge in [0.05, 0.1) is 5.56 Å². The van der Waals surface area contributed by atoms with Crippen LogP contribution in [0.4, 0.5) is 0 Å². The van der Waals surface area contributed by atoms with Gasteiger partial charge in [0.2, 0.25) is 0 Å². The molecule has 6 nitrogen and oxygen atoms in total. The van der Waals surface area contributed by atoms with Crippen molar-refractivity contribution in [3.05, 3.63) is 42.4 Å². The molecule has 0 bridgehead atoms. The van der Waals surface area contributed by atoms with E-state index >= 15 is 0 Å². The smallest absolute Gasteiger partial charge is 0.255 e. The highest BCUT2D eigenvalue weighted by atomic mass is 16.5. The molecule has 0 saturated carbocycles. The summed E-state index contributed by atoms with van der Waals surface area (Å²) in [4.78, 5) is 18.1. The quantitative estimate of drug-likeness (QED) is 0.747. The van der Waals surface area contributed by atoms with Gasteiger partial charge >= 0.3 is 0 Å². The minimum atomic E-state index is -0.0411. The van der Waals surface area contributed by atoms with Gasteiger partial charge in [-0.1, -0.05) is 0 Å². The largest absolute Gasteiger partial charge is 0.385 e. The maximum absolute atomic E-state index is 12.2. The van der Waals surface area contributed by atoms with Crippen LogP contribution in [0.2, 0.25) is 0 Å². The summed E-state index contributed by atoms with van der Waals surface area (Å²) in [7, 11) is 3.43. The van der Waals surface area contributed by atoms with Gasteiger partial charge in [-0.15, -0.1) is 0 Å². The number of amides is 1. The normalized spacial score (nSPS) is 10.5. The summed E-state index contributed by atoms with van der Waals surface area (Å²) < 4.78 is 6.62. The molecular formula is C14H18N4O2. The van der Waals surface area contributed by atoms with E-state index in [0.29, 0.717) is 24.5 Å². The number of aromatic nitrogens is 3. The number of hydrogen-bond acceptors (Lipinski definition) is 4. The topological polar surface area (TPSA) is 60.2 Å². The molecule has 1 amide bonds. The van der Waals surface area contributed by atoms with Crippen molar-refractivity contribution in [2.75, 3.05) is 27.3 Å². The molecule has 0 fully saturated rings. The average molecular weight is 274 g/mol. The van der Waals surface area contributed by atoms with Crippen molar-refractivity contribution in [2.45, 2.75) is 6.42 Å². The molecule has 2 aromatic heterocycles. The van der Waals surface area contributed by atoms with Gasteiger partial charge in [0.25, 0.3) is 5.91 Å². The lowest BCUT2D eigenvalue weighted by atomic mass is 10.2. The molecule has 0 aliphatic carbocycles. The first-order valence-electron chi connectivity index (χ1n) is 6.43. The van der Waals surface area contributed by atoms with E-state index in [1.807, 2.05) is 6.07 Å². The number of carbonyl (C=O) groups excluding carboxylic acids is 1. The van der Waals surface area contributed by atoms with Crippen LogP contribution in [0, 0.1) is 0 Å². The molecule has 6 heteroatoms. The van der Waals surface area contributed by atoms with Gasteiger partial charge in [0.15, 0.2) is 5.82 Å². The number of methoxy groups -OCH3 is 1. The van der Waals surface area contributed by atoms with E-state index in [0.717, 1.165) is 6.42 Å². The predicted molar refractivity (Wildman–Crippen MR) is 74.8 cm³/mol. The first kappa shape index (κ1) is 14.2. The summed E-state index contributed by atoms with van der Waals surface area (Å²) in [5, 5.41) is 4.09. The van der Waals surface area contributed by atoms with Crippen LogP contribution in [0.25, 0.3) is 5.82 Å². The summed E-state index contributed by atoms with van der Waals surface area (Å²) in [6.07, 6.45) is 5.88. The zero-order valence-corrected chi connectivity index (χ0v) is 11.7. The Kier molecular flexibility index (Phi) is 4.84. The Morgan fingerprint density at radius 2 is 2.30 bits per heavy atom. The van der Waals surface area contributed by atoms with Gasteiger partial charge in [-0.2, -0.15) is 5.10 Å². The SMILES string of the molecule is COCCCN(C)C(=O)c1ccc(-n2cccn2)nc1. The molecule has 2 heterocycles. The molecule has 0 N–H and O–H groups in total. The Morgan fingerprint density at radius 3 is 2.90 bits per heavy atom. The predicted octanol–water partition coefficient (Wildman–Crippen LogP) is 1.38. The molecule has 0 unspecified atom stereocenters. The molecule has 2 rings (SSSR count). The van der Waals surface area contributed by atoms with Crippen molar-refractivity contribution in [2.24, 2.45) is 0 Å². The molecule has 0 aliphatic heterocycles. The van der Waals surface area contributed by atoms with Crippen LogP contribution in [-0.2, 0) is 4.74 Å². The number of nitrogens with zero attached hydrogens (tertiary/aromatic N) is 4. The maximum Gasteiger partial charge on any atom is 0.255 e. The Morgan fingerprint density at radius 1 is 1.45 bits per heavy atom. The van der Waals surface area contributed by atoms with E-state index in [9.17, 15) is 4.79 Å². The summed E-state index contributed by atoms with van der Waals surface area (Å²) in [5.41, 5.74) is 0.570. The van der Waals surface area contributed by atoms with Crippen LogP contribution >= 0.6 is 0 Å². The van der Waals surface area contributed by atoms with Crippen LogP contribution in [0.3, 0.4) is 0 Å². The van der Waals surface area contributed by atoms with Crippen molar-refractivity contribution >= 4 is 5.91 Å². The van der Waals surface area contributed by atoms with E-state index in [-0.39, 0.29) is 5.91 Å². The van der Waals surface area contributed by atoms with E-state index in [4.69, 9.17) is 4.74 Å². The highest BCUT2D eigenvalue weighted by Crippen LogP contribution is 2.07. The van der Waals surface area contributed by atoms with Crippen LogP contribution in [0.15, 0.2) is 36.8 Å². The summed E-state index contributed by atoms with van der Waals surface area (Å²) >= 11 is 0. The number of hydrogen-bond donors (Lipinski definition) is 0. The van der Waals surface area contributed by atoms with Crippen molar-refractivity contribution in [1.29, 1.82) is 0 Å². The van der Waals surface area contributed by atoms with Gasteiger partial charge in [0, 0.05) is 45.9 Å². The Labute approximate surface area is 118 Å². The third kappa shape index (κ3) is 3.42. The molecule has 0 saturated heterocycles. The fourth-order valence-electron chi connectivity index (χ4n) is 1.82. The van der Waals surface area contributed by atoms with Crippen molar-refractivity contribution in [3.63, 3.8) is 0 Å². The minimum absolute atomic E-state index is 0.0411. The maximum atomic E-state index is 12.2. The van der Waals surface area contributed by atoms with E-state index in [1.54, 1.807) is 54.5 Å². The Balaban J connectivity index is 2.00. The van der Waals surface area contributed by atoms with Crippen molar-refractivity contribution < 1.29 is 9.53 Å². The first-order chi connectivity index (χ1) is 9.72. The van der Waals surface area contributed by atoms with Gasteiger partial charge in [-0.3, -0.25) is 4.79 Å². The lowest BCUT2D eigenvalue weighted by molar-refractivity contribution is 0.0779. The zero-order chi connectivity index (χ0) is 14.4. The zero-order valence-electron chi connectivity index (χ0n) is 11.7. The van der Waals surface area contributed by atoms with Crippen LogP contribution in [0.5, 0.6) is 0 Å². The van der Waals surface area contributed by atoms with Crippen LogP contribution in [0.1, 0.15) is 16.8 Å². The van der Waals surface area contributed by atoms with Crippen molar-refractivity contribution in [1.82, 2.24) is 19.7 Å². The number of ether oxygens (including phenoxy) is 1. The van der Waals surface area contributed by atoms with Gasteiger partial charge < -0.3 is 9.64 Å². The van der Waals surface area contributed by atoms with Crippen molar-refractivity contribution in [3.8, 4) is 5.82 Å². The molecule has 2 aromatic rings. The summed E-state index contributed by atoms with van der Waals surface area (Å²) in [6.45, 7) is 1.31. The highest BCUT2D eigenvalue weighted by molar-refractivity contribution is 5.93. The lowest BCUT2D eigenvalue weighted by Crippen LogP contribution is -2.28. The number of carbonyl (C=O) groups is 1. The van der Waals surface area contributed by atoms with Crippen LogP contribution < -0.4 is 0 Å². The fraction of sp³-hybridized carbons (Fsp3) is 0.357. The summed E-state index contributed by atoms with van der Waals surface area (Å²) in [5.74, 6) is 0.647. The second-order valence-corrected chi connectivity index (χ2v) is 4.43. The molecule has 0 atom stereocenters. The van der Waals surface area contributed by atoms with E-state index < -0.39 is 0 Å². The molecule has 0 spiro atoms. The second-order valence-electron chi connectivity index (χ2n) is 4.43. The molecule has 106 valence electrons. The number of rotatable bonds is 6. The molecular weight excluding hydrogens is 256 g/mol. The second kappa shape index (κ2) is 6.81. The fourth-order valence-corrected chi connectivity index (χ4v) is 1.82. The third-order valence-electron chi connectivity index (χ3n) is 2.92. The van der Waals surface area contributed by atoms with Gasteiger partial charge in [-0.25, -0.2) is 9.67 Å². The highest BCUT2D eigenvalue weighted by Gasteiger charge is 2.11. The minimum Gasteiger partial charge on any atom is -0.385 e. The monoisotopic (exact) mass is 274 g/mol. The van der Waals surface area contributed by atoms with Crippen LogP contribution in [-0.4, -0.2) is 52.9 Å². The first-order valence-corrected chi connectivity index (χ1v) is 6.43. The van der Waals surface area contributed by atoms with Gasteiger partial charge in [-0.05, 0) is 24.6 Å². The standard InChI is InChI=1S/C14H18N4O2/c1-17(8-4-10-20-2)14(19)12-5-6-13(15-11-12)18-9-3-7-16-18/h3,5-7,9,11H,4,8,10H2,1-2H3. The Bertz CT molecular complexity index is 537. The molecule has 0 radical (unpaired) electrons. The molecule has 20 heavy (non-hydrogen) atoms.